The van der Waals surface area contributed by atoms with Crippen molar-refractivity contribution in [3.63, 3.8) is 0 Å². The second-order valence-electron chi connectivity index (χ2n) is 4.38. The number of sulfonamides is 1. The second kappa shape index (κ2) is 5.06. The fourth-order valence-electron chi connectivity index (χ4n) is 2.14. The molecule has 1 atom stereocenters. The first-order valence-electron chi connectivity index (χ1n) is 5.77. The standard InChI is InChI=1S/C11H18N2O2S2/c1-9-5-7-16-11(9)17(14,15)13-6-3-4-10(8-13)12-2/h5,7,10,12H,3-4,6,8H2,1-2H3. The van der Waals surface area contributed by atoms with Gasteiger partial charge in [0.25, 0.3) is 10.0 Å². The van der Waals surface area contributed by atoms with Gasteiger partial charge in [0.2, 0.25) is 0 Å². The van der Waals surface area contributed by atoms with Crippen molar-refractivity contribution in [2.45, 2.75) is 30.0 Å². The van der Waals surface area contributed by atoms with E-state index in [-0.39, 0.29) is 6.04 Å². The van der Waals surface area contributed by atoms with E-state index < -0.39 is 10.0 Å². The molecule has 6 heteroatoms. The zero-order valence-electron chi connectivity index (χ0n) is 10.1. The molecule has 0 aliphatic carbocycles. The summed E-state index contributed by atoms with van der Waals surface area (Å²) < 4.78 is 27.0. The van der Waals surface area contributed by atoms with E-state index in [1.807, 2.05) is 25.4 Å². The Morgan fingerprint density at radius 1 is 1.53 bits per heavy atom. The molecular formula is C11H18N2O2S2. The van der Waals surface area contributed by atoms with Crippen LogP contribution in [0.3, 0.4) is 0 Å². The van der Waals surface area contributed by atoms with Crippen LogP contribution in [0, 0.1) is 6.92 Å². The van der Waals surface area contributed by atoms with E-state index in [0.29, 0.717) is 17.3 Å². The van der Waals surface area contributed by atoms with Gasteiger partial charge in [-0.2, -0.15) is 4.31 Å². The quantitative estimate of drug-likeness (QED) is 0.907. The van der Waals surface area contributed by atoms with Gasteiger partial charge < -0.3 is 5.32 Å². The van der Waals surface area contributed by atoms with Crippen LogP contribution in [-0.4, -0.2) is 38.9 Å². The summed E-state index contributed by atoms with van der Waals surface area (Å²) in [7, 11) is -1.39. The van der Waals surface area contributed by atoms with Gasteiger partial charge >= 0.3 is 0 Å². The molecule has 0 bridgehead atoms. The zero-order chi connectivity index (χ0) is 12.5. The second-order valence-corrected chi connectivity index (χ2v) is 7.43. The Bertz CT molecular complexity index is 481. The third-order valence-electron chi connectivity index (χ3n) is 3.18. The lowest BCUT2D eigenvalue weighted by atomic mass is 10.1. The van der Waals surface area contributed by atoms with Crippen molar-refractivity contribution in [3.05, 3.63) is 17.0 Å². The van der Waals surface area contributed by atoms with E-state index in [1.54, 1.807) is 4.31 Å². The van der Waals surface area contributed by atoms with Crippen LogP contribution in [0.25, 0.3) is 0 Å². The fraction of sp³-hybridized carbons (Fsp3) is 0.636. The first kappa shape index (κ1) is 13.0. The van der Waals surface area contributed by atoms with Crippen molar-refractivity contribution >= 4 is 21.4 Å². The molecular weight excluding hydrogens is 256 g/mol. The molecule has 1 unspecified atom stereocenters. The molecule has 1 aliphatic heterocycles. The lowest BCUT2D eigenvalue weighted by Crippen LogP contribution is -2.46. The van der Waals surface area contributed by atoms with Crippen molar-refractivity contribution in [2.24, 2.45) is 0 Å². The number of thiophene rings is 1. The molecule has 0 saturated carbocycles. The molecule has 0 amide bonds. The Balaban J connectivity index is 2.24. The monoisotopic (exact) mass is 274 g/mol. The lowest BCUT2D eigenvalue weighted by molar-refractivity contribution is 0.293. The predicted octanol–water partition coefficient (Wildman–Crippen LogP) is 1.43. The van der Waals surface area contributed by atoms with Crippen molar-refractivity contribution < 1.29 is 8.42 Å². The Morgan fingerprint density at radius 2 is 2.29 bits per heavy atom. The zero-order valence-corrected chi connectivity index (χ0v) is 11.8. The molecule has 1 aromatic rings. The number of nitrogens with one attached hydrogen (secondary N) is 1. The molecule has 2 rings (SSSR count). The minimum atomic E-state index is -3.28. The van der Waals surface area contributed by atoms with Crippen LogP contribution in [0.4, 0.5) is 0 Å². The number of likely N-dealkylation sites (N-methyl/N-ethyl adjacent to an activating group) is 1. The summed E-state index contributed by atoms with van der Waals surface area (Å²) in [5.74, 6) is 0. The highest BCUT2D eigenvalue weighted by atomic mass is 32.2. The van der Waals surface area contributed by atoms with Gasteiger partial charge in [-0.25, -0.2) is 8.42 Å². The summed E-state index contributed by atoms with van der Waals surface area (Å²) in [6, 6.07) is 2.13. The maximum Gasteiger partial charge on any atom is 0.252 e. The SMILES string of the molecule is CNC1CCCN(S(=O)(=O)c2sccc2C)C1. The third-order valence-corrected chi connectivity index (χ3v) is 6.71. The molecule has 96 valence electrons. The number of rotatable bonds is 3. The van der Waals surface area contributed by atoms with Gasteiger partial charge in [0, 0.05) is 19.1 Å². The molecule has 4 nitrogen and oxygen atoms in total. The summed E-state index contributed by atoms with van der Waals surface area (Å²) in [4.78, 5) is 0. The Morgan fingerprint density at radius 3 is 2.88 bits per heavy atom. The Labute approximate surface area is 107 Å². The Kier molecular flexibility index (Phi) is 3.87. The number of hydrogen-bond acceptors (Lipinski definition) is 4. The largest absolute Gasteiger partial charge is 0.316 e. The van der Waals surface area contributed by atoms with Gasteiger partial charge in [0.1, 0.15) is 4.21 Å². The van der Waals surface area contributed by atoms with E-state index in [1.165, 1.54) is 11.3 Å². The lowest BCUT2D eigenvalue weighted by Gasteiger charge is -2.31. The minimum absolute atomic E-state index is 0.277. The van der Waals surface area contributed by atoms with Gasteiger partial charge in [-0.05, 0) is 43.8 Å². The molecule has 0 spiro atoms. The van der Waals surface area contributed by atoms with E-state index in [2.05, 4.69) is 5.32 Å². The van der Waals surface area contributed by atoms with E-state index in [9.17, 15) is 8.42 Å². The molecule has 1 fully saturated rings. The fourth-order valence-corrected chi connectivity index (χ4v) is 5.21. The molecule has 17 heavy (non-hydrogen) atoms. The molecule has 1 N–H and O–H groups in total. The highest BCUT2D eigenvalue weighted by Gasteiger charge is 2.31. The summed E-state index contributed by atoms with van der Waals surface area (Å²) in [6.07, 6.45) is 1.97. The summed E-state index contributed by atoms with van der Waals surface area (Å²) >= 11 is 1.31. The van der Waals surface area contributed by atoms with Crippen molar-refractivity contribution in [2.75, 3.05) is 20.1 Å². The Hall–Kier alpha value is -0.430. The van der Waals surface area contributed by atoms with E-state index in [4.69, 9.17) is 0 Å². The van der Waals surface area contributed by atoms with Crippen molar-refractivity contribution in [1.82, 2.24) is 9.62 Å². The summed E-state index contributed by atoms with van der Waals surface area (Å²) in [5.41, 5.74) is 0.849. The van der Waals surface area contributed by atoms with Gasteiger partial charge in [0.05, 0.1) is 0 Å². The molecule has 0 aromatic carbocycles. The van der Waals surface area contributed by atoms with Gasteiger partial charge in [-0.15, -0.1) is 11.3 Å². The smallest absolute Gasteiger partial charge is 0.252 e. The number of nitrogens with zero attached hydrogens (tertiary/aromatic N) is 1. The van der Waals surface area contributed by atoms with Crippen LogP contribution >= 0.6 is 11.3 Å². The molecule has 1 aromatic heterocycles. The van der Waals surface area contributed by atoms with Crippen LogP contribution in [0.1, 0.15) is 18.4 Å². The topological polar surface area (TPSA) is 49.4 Å². The van der Waals surface area contributed by atoms with Gasteiger partial charge in [0.15, 0.2) is 0 Å². The van der Waals surface area contributed by atoms with E-state index in [0.717, 1.165) is 18.4 Å². The van der Waals surface area contributed by atoms with Crippen LogP contribution in [0.2, 0.25) is 0 Å². The minimum Gasteiger partial charge on any atom is -0.316 e. The number of aryl methyl sites for hydroxylation is 1. The summed E-state index contributed by atoms with van der Waals surface area (Å²) in [5, 5.41) is 5.00. The van der Waals surface area contributed by atoms with E-state index >= 15 is 0 Å². The maximum atomic E-state index is 12.4. The predicted molar refractivity (Wildman–Crippen MR) is 69.9 cm³/mol. The molecule has 0 radical (unpaired) electrons. The van der Waals surface area contributed by atoms with Crippen molar-refractivity contribution in [1.29, 1.82) is 0 Å². The van der Waals surface area contributed by atoms with Crippen LogP contribution in [0.15, 0.2) is 15.7 Å². The van der Waals surface area contributed by atoms with Crippen LogP contribution < -0.4 is 5.32 Å². The highest BCUT2D eigenvalue weighted by Crippen LogP contribution is 2.27. The average molecular weight is 274 g/mol. The van der Waals surface area contributed by atoms with Gasteiger partial charge in [-0.3, -0.25) is 0 Å². The van der Waals surface area contributed by atoms with Gasteiger partial charge in [-0.1, -0.05) is 0 Å². The molecule has 2 heterocycles. The first-order chi connectivity index (χ1) is 8.05. The first-order valence-corrected chi connectivity index (χ1v) is 8.09. The third kappa shape index (κ3) is 2.54. The number of hydrogen-bond donors (Lipinski definition) is 1. The maximum absolute atomic E-state index is 12.4. The summed E-state index contributed by atoms with van der Waals surface area (Å²) in [6.45, 7) is 3.07. The average Bonchev–Trinajstić information content (AvgIpc) is 2.76. The van der Waals surface area contributed by atoms with Crippen LogP contribution in [0.5, 0.6) is 0 Å². The van der Waals surface area contributed by atoms with Crippen LogP contribution in [-0.2, 0) is 10.0 Å². The molecule has 1 aliphatic rings. The number of piperidine rings is 1. The normalized spacial score (nSPS) is 22.8. The van der Waals surface area contributed by atoms with Crippen molar-refractivity contribution in [3.8, 4) is 0 Å². The highest BCUT2D eigenvalue weighted by molar-refractivity contribution is 7.91. The molecule has 1 saturated heterocycles.